The molecule has 6 nitrogen and oxygen atoms in total. The molecule has 0 unspecified atom stereocenters. The van der Waals surface area contributed by atoms with E-state index in [-0.39, 0.29) is 18.0 Å². The van der Waals surface area contributed by atoms with Crippen molar-refractivity contribution in [3.8, 4) is 0 Å². The molecule has 0 aliphatic heterocycles. The van der Waals surface area contributed by atoms with Gasteiger partial charge in [-0.25, -0.2) is 0 Å². The van der Waals surface area contributed by atoms with E-state index in [9.17, 15) is 4.79 Å². The first-order chi connectivity index (χ1) is 6.91. The van der Waals surface area contributed by atoms with Crippen LogP contribution in [0.1, 0.15) is 32.6 Å². The Balaban J connectivity index is 2.47. The van der Waals surface area contributed by atoms with E-state index in [1.807, 2.05) is 0 Å². The molecule has 6 heteroatoms. The van der Waals surface area contributed by atoms with Crippen LogP contribution in [0.4, 0.5) is 0 Å². The van der Waals surface area contributed by atoms with Gasteiger partial charge in [0.2, 0.25) is 0 Å². The Morgan fingerprint density at radius 3 is 2.33 bits per heavy atom. The van der Waals surface area contributed by atoms with Gasteiger partial charge in [0.25, 0.3) is 0 Å². The lowest BCUT2D eigenvalue weighted by atomic mass is 9.89. The average molecular weight is 214 g/mol. The zero-order chi connectivity index (χ0) is 11.5. The Bertz CT molecular complexity index is 265. The van der Waals surface area contributed by atoms with Crippen LogP contribution in [0.2, 0.25) is 0 Å². The molecular weight excluding hydrogens is 196 g/mol. The molecule has 1 fully saturated rings. The predicted molar refractivity (Wildman–Crippen MR) is 56.8 cm³/mol. The Labute approximate surface area is 88.8 Å². The summed E-state index contributed by atoms with van der Waals surface area (Å²) in [5.41, 5.74) is 15.6. The highest BCUT2D eigenvalue weighted by Gasteiger charge is 2.34. The minimum absolute atomic E-state index is 0.0945. The highest BCUT2D eigenvalue weighted by atomic mass is 16.6. The number of ether oxygens (including phenoxy) is 1. The topological polar surface area (TPSA) is 117 Å². The molecule has 1 aliphatic carbocycles. The number of guanidine groups is 1. The van der Waals surface area contributed by atoms with E-state index in [0.29, 0.717) is 12.8 Å². The largest absolute Gasteiger partial charge is 0.444 e. The fraction of sp³-hybridized carbons (Fsp3) is 0.778. The first-order valence-corrected chi connectivity index (χ1v) is 4.98. The van der Waals surface area contributed by atoms with Gasteiger partial charge in [0.1, 0.15) is 0 Å². The van der Waals surface area contributed by atoms with E-state index >= 15 is 0 Å². The van der Waals surface area contributed by atoms with Crippen LogP contribution in [0.3, 0.4) is 0 Å². The molecule has 1 rings (SSSR count). The number of carbonyl (C=O) groups is 1. The van der Waals surface area contributed by atoms with Gasteiger partial charge in [-0.3, -0.25) is 15.5 Å². The number of aliphatic imine (C=N–C) groups is 1. The molecule has 0 aromatic carbocycles. The summed E-state index contributed by atoms with van der Waals surface area (Å²) in [6.45, 7) is 1.36. The molecule has 0 aromatic rings. The van der Waals surface area contributed by atoms with Gasteiger partial charge in [-0.2, -0.15) is 0 Å². The smallest absolute Gasteiger partial charge is 0.304 e. The van der Waals surface area contributed by atoms with Crippen LogP contribution in [0.25, 0.3) is 0 Å². The molecule has 1 saturated carbocycles. The Morgan fingerprint density at radius 2 is 1.93 bits per heavy atom. The summed E-state index contributed by atoms with van der Waals surface area (Å²) in [5, 5.41) is 0. The fourth-order valence-corrected chi connectivity index (χ4v) is 1.82. The van der Waals surface area contributed by atoms with E-state index in [0.717, 1.165) is 12.8 Å². The second kappa shape index (κ2) is 4.48. The van der Waals surface area contributed by atoms with Gasteiger partial charge in [-0.05, 0) is 12.8 Å². The molecule has 0 atom stereocenters. The highest BCUT2D eigenvalue weighted by molar-refractivity contribution is 5.75. The molecule has 15 heavy (non-hydrogen) atoms. The standard InChI is InChI=1S/C9H18N4O2/c1-6(14)15-9(12)4-2-7(3-5-9)13-8(10)11/h7H,2-5,12H2,1H3,(H4,10,11,13). The predicted octanol–water partition coefficient (Wildman–Crippen LogP) is -0.579. The molecule has 0 aromatic heterocycles. The van der Waals surface area contributed by atoms with Gasteiger partial charge in [-0.1, -0.05) is 0 Å². The van der Waals surface area contributed by atoms with Crippen molar-refractivity contribution >= 4 is 11.9 Å². The number of rotatable bonds is 2. The summed E-state index contributed by atoms with van der Waals surface area (Å²) < 4.78 is 5.06. The van der Waals surface area contributed by atoms with Crippen LogP contribution in [0.5, 0.6) is 0 Å². The van der Waals surface area contributed by atoms with Gasteiger partial charge >= 0.3 is 5.97 Å². The quantitative estimate of drug-likeness (QED) is 0.246. The minimum atomic E-state index is -0.832. The molecule has 0 saturated heterocycles. The SMILES string of the molecule is CC(=O)OC1(N)CCC(N=C(N)N)CC1. The van der Waals surface area contributed by atoms with Gasteiger partial charge in [0, 0.05) is 19.8 Å². The minimum Gasteiger partial charge on any atom is -0.444 e. The van der Waals surface area contributed by atoms with Crippen molar-refractivity contribution in [1.82, 2.24) is 0 Å². The average Bonchev–Trinajstić information content (AvgIpc) is 2.07. The molecule has 0 amide bonds. The second-order valence-electron chi connectivity index (χ2n) is 3.94. The summed E-state index contributed by atoms with van der Waals surface area (Å²) >= 11 is 0. The van der Waals surface area contributed by atoms with Crippen LogP contribution in [0.15, 0.2) is 4.99 Å². The molecule has 0 bridgehead atoms. The summed E-state index contributed by atoms with van der Waals surface area (Å²) in [6, 6.07) is 0.0993. The normalized spacial score (nSPS) is 30.7. The number of hydrogen-bond acceptors (Lipinski definition) is 4. The van der Waals surface area contributed by atoms with Crippen LogP contribution in [0, 0.1) is 0 Å². The maximum atomic E-state index is 10.8. The van der Waals surface area contributed by atoms with E-state index in [1.54, 1.807) is 0 Å². The third kappa shape index (κ3) is 3.75. The summed E-state index contributed by atoms with van der Waals surface area (Å²) in [4.78, 5) is 14.9. The second-order valence-corrected chi connectivity index (χ2v) is 3.94. The third-order valence-electron chi connectivity index (χ3n) is 2.48. The number of hydrogen-bond donors (Lipinski definition) is 3. The zero-order valence-corrected chi connectivity index (χ0v) is 8.90. The maximum absolute atomic E-state index is 10.8. The Hall–Kier alpha value is -1.30. The van der Waals surface area contributed by atoms with E-state index in [1.165, 1.54) is 6.92 Å². The van der Waals surface area contributed by atoms with Crippen LogP contribution >= 0.6 is 0 Å². The molecule has 6 N–H and O–H groups in total. The fourth-order valence-electron chi connectivity index (χ4n) is 1.82. The molecular formula is C9H18N4O2. The van der Waals surface area contributed by atoms with Crippen molar-refractivity contribution in [2.45, 2.75) is 44.4 Å². The number of nitrogens with zero attached hydrogens (tertiary/aromatic N) is 1. The lowest BCUT2D eigenvalue weighted by Gasteiger charge is -2.34. The Morgan fingerprint density at radius 1 is 1.40 bits per heavy atom. The number of nitrogens with two attached hydrogens (primary N) is 3. The van der Waals surface area contributed by atoms with Crippen molar-refractivity contribution < 1.29 is 9.53 Å². The summed E-state index contributed by atoms with van der Waals surface area (Å²) in [6.07, 6.45) is 2.66. The van der Waals surface area contributed by atoms with E-state index < -0.39 is 5.72 Å². The number of esters is 1. The van der Waals surface area contributed by atoms with Gasteiger partial charge < -0.3 is 16.2 Å². The van der Waals surface area contributed by atoms with Gasteiger partial charge in [0.05, 0.1) is 6.04 Å². The molecule has 86 valence electrons. The first-order valence-electron chi connectivity index (χ1n) is 4.98. The third-order valence-corrected chi connectivity index (χ3v) is 2.48. The zero-order valence-electron chi connectivity index (χ0n) is 8.90. The van der Waals surface area contributed by atoms with Crippen molar-refractivity contribution in [2.75, 3.05) is 0 Å². The van der Waals surface area contributed by atoms with Crippen LogP contribution in [-0.4, -0.2) is 23.7 Å². The molecule has 1 aliphatic rings. The summed E-state index contributed by atoms with van der Waals surface area (Å²) in [5.74, 6) is -0.255. The molecule has 0 spiro atoms. The lowest BCUT2D eigenvalue weighted by Crippen LogP contribution is -2.47. The van der Waals surface area contributed by atoms with Gasteiger partial charge in [0.15, 0.2) is 11.7 Å². The number of carbonyl (C=O) groups excluding carboxylic acids is 1. The monoisotopic (exact) mass is 214 g/mol. The molecule has 0 heterocycles. The lowest BCUT2D eigenvalue weighted by molar-refractivity contribution is -0.160. The van der Waals surface area contributed by atoms with Crippen LogP contribution in [-0.2, 0) is 9.53 Å². The van der Waals surface area contributed by atoms with Crippen molar-refractivity contribution in [3.63, 3.8) is 0 Å². The maximum Gasteiger partial charge on any atom is 0.304 e. The molecule has 0 radical (unpaired) electrons. The first kappa shape index (κ1) is 11.8. The highest BCUT2D eigenvalue weighted by Crippen LogP contribution is 2.29. The van der Waals surface area contributed by atoms with E-state index in [2.05, 4.69) is 4.99 Å². The van der Waals surface area contributed by atoms with Gasteiger partial charge in [-0.15, -0.1) is 0 Å². The van der Waals surface area contributed by atoms with Crippen molar-refractivity contribution in [1.29, 1.82) is 0 Å². The van der Waals surface area contributed by atoms with Crippen molar-refractivity contribution in [3.05, 3.63) is 0 Å². The summed E-state index contributed by atoms with van der Waals surface area (Å²) in [7, 11) is 0. The van der Waals surface area contributed by atoms with E-state index in [4.69, 9.17) is 21.9 Å². The van der Waals surface area contributed by atoms with Crippen LogP contribution < -0.4 is 17.2 Å². The van der Waals surface area contributed by atoms with Crippen molar-refractivity contribution in [2.24, 2.45) is 22.2 Å². The Kier molecular flexibility index (Phi) is 3.52.